The Labute approximate surface area is 101 Å². The minimum atomic E-state index is -1.67. The molecule has 14 heavy (non-hydrogen) atoms. The summed E-state index contributed by atoms with van der Waals surface area (Å²) in [5.74, 6) is 0. The summed E-state index contributed by atoms with van der Waals surface area (Å²) < 4.78 is 3.83. The molecule has 0 aliphatic rings. The SMILES string of the molecule is C[CH](C)[Ti]([CH](C)C)([CH](C)C)[CH](C)C.Cl. The Kier molecular flexibility index (Phi) is 8.15. The molecule has 0 aromatic carbocycles. The van der Waals surface area contributed by atoms with Crippen LogP contribution in [0.5, 0.6) is 0 Å². The van der Waals surface area contributed by atoms with Crippen LogP contribution in [0.25, 0.3) is 0 Å². The van der Waals surface area contributed by atoms with Gasteiger partial charge in [0.05, 0.1) is 0 Å². The number of rotatable bonds is 4. The van der Waals surface area contributed by atoms with Gasteiger partial charge in [-0.2, -0.15) is 0 Å². The molecule has 0 N–H and O–H groups in total. The van der Waals surface area contributed by atoms with Crippen molar-refractivity contribution in [3.05, 3.63) is 0 Å². The van der Waals surface area contributed by atoms with E-state index in [9.17, 15) is 0 Å². The van der Waals surface area contributed by atoms with E-state index in [1.165, 1.54) is 0 Å². The molecule has 0 spiro atoms. The van der Waals surface area contributed by atoms with Crippen LogP contribution in [0.3, 0.4) is 0 Å². The molecule has 0 heterocycles. The molecular formula is C12H29ClTi. The molecule has 0 bridgehead atoms. The molecule has 0 aliphatic heterocycles. The zero-order chi connectivity index (χ0) is 10.8. The molecule has 0 radical (unpaired) electrons. The Hall–Kier alpha value is 1.00. The van der Waals surface area contributed by atoms with Gasteiger partial charge < -0.3 is 0 Å². The molecule has 88 valence electrons. The first kappa shape index (κ1) is 17.4. The minimum absolute atomic E-state index is 0. The largest absolute Gasteiger partial charge is 0.147 e. The summed E-state index contributed by atoms with van der Waals surface area (Å²) in [5.41, 5.74) is 0. The van der Waals surface area contributed by atoms with Gasteiger partial charge in [0.2, 0.25) is 0 Å². The third-order valence-corrected chi connectivity index (χ3v) is 16.5. The Morgan fingerprint density at radius 1 is 0.500 bits per heavy atom. The Morgan fingerprint density at radius 3 is 0.643 bits per heavy atom. The fourth-order valence-corrected chi connectivity index (χ4v) is 16.5. The molecule has 0 amide bonds. The van der Waals surface area contributed by atoms with Gasteiger partial charge in [-0.25, -0.2) is 0 Å². The maximum atomic E-state index is 2.46. The maximum Gasteiger partial charge on any atom is -0.147 e. The van der Waals surface area contributed by atoms with Crippen LogP contribution in [0.2, 0.25) is 16.9 Å². The van der Waals surface area contributed by atoms with E-state index < -0.39 is 16.6 Å². The quantitative estimate of drug-likeness (QED) is 0.551. The zero-order valence-corrected chi connectivity index (χ0v) is 13.6. The van der Waals surface area contributed by atoms with E-state index in [-0.39, 0.29) is 12.4 Å². The summed E-state index contributed by atoms with van der Waals surface area (Å²) in [5, 5.41) is 0. The standard InChI is InChI=1S/4C3H7.ClH.Ti/c4*1-3-2;;/h4*3H,1-2H3;1H;. The first-order valence-corrected chi connectivity index (χ1v) is 9.38. The van der Waals surface area contributed by atoms with Crippen LogP contribution < -0.4 is 0 Å². The normalized spacial score (nSPS) is 12.9. The van der Waals surface area contributed by atoms with Crippen molar-refractivity contribution < 1.29 is 16.6 Å². The predicted molar refractivity (Wildman–Crippen MR) is 67.6 cm³/mol. The summed E-state index contributed by atoms with van der Waals surface area (Å²) in [6.45, 7) is 19.7. The van der Waals surface area contributed by atoms with Gasteiger partial charge in [0.15, 0.2) is 0 Å². The molecule has 2 heteroatoms. The van der Waals surface area contributed by atoms with Crippen LogP contribution in [-0.2, 0) is 16.6 Å². The van der Waals surface area contributed by atoms with Gasteiger partial charge in [-0.3, -0.25) is 0 Å². The Morgan fingerprint density at radius 2 is 0.643 bits per heavy atom. The molecule has 0 aromatic heterocycles. The molecule has 0 nitrogen and oxygen atoms in total. The average molecular weight is 257 g/mol. The van der Waals surface area contributed by atoms with Crippen molar-refractivity contribution in [1.29, 1.82) is 0 Å². The Bertz CT molecular complexity index is 113. The van der Waals surface area contributed by atoms with Crippen molar-refractivity contribution in [3.8, 4) is 0 Å². The fourth-order valence-electron chi connectivity index (χ4n) is 4.00. The van der Waals surface area contributed by atoms with Crippen LogP contribution >= 0.6 is 12.4 Å². The van der Waals surface area contributed by atoms with E-state index in [0.29, 0.717) is 0 Å². The third kappa shape index (κ3) is 3.00. The molecule has 0 rings (SSSR count). The first-order chi connectivity index (χ1) is 5.77. The van der Waals surface area contributed by atoms with E-state index in [1.54, 1.807) is 0 Å². The summed E-state index contributed by atoms with van der Waals surface area (Å²) >= 11 is -1.67. The zero-order valence-electron chi connectivity index (χ0n) is 11.2. The summed E-state index contributed by atoms with van der Waals surface area (Å²) in [6, 6.07) is 0. The Balaban J connectivity index is 0. The average Bonchev–Trinajstić information content (AvgIpc) is 1.82. The van der Waals surface area contributed by atoms with Crippen molar-refractivity contribution in [2.75, 3.05) is 0 Å². The van der Waals surface area contributed by atoms with Crippen molar-refractivity contribution >= 4 is 12.4 Å². The molecule has 0 aromatic rings. The second-order valence-electron chi connectivity index (χ2n) is 5.62. The number of hydrogen-bond donors (Lipinski definition) is 0. The van der Waals surface area contributed by atoms with E-state index in [4.69, 9.17) is 0 Å². The van der Waals surface area contributed by atoms with Crippen LogP contribution in [-0.4, -0.2) is 0 Å². The van der Waals surface area contributed by atoms with Gasteiger partial charge in [0, 0.05) is 0 Å². The minimum Gasteiger partial charge on any atom is -0.147 e. The summed E-state index contributed by atoms with van der Waals surface area (Å²) in [7, 11) is 0. The fraction of sp³-hybridized carbons (Fsp3) is 1.00. The summed E-state index contributed by atoms with van der Waals surface area (Å²) in [6.07, 6.45) is 0. The van der Waals surface area contributed by atoms with Crippen molar-refractivity contribution in [3.63, 3.8) is 0 Å². The predicted octanol–water partition coefficient (Wildman–Crippen LogP) is 5.88. The van der Waals surface area contributed by atoms with Crippen LogP contribution in [0, 0.1) is 0 Å². The monoisotopic (exact) mass is 256 g/mol. The maximum absolute atomic E-state index is 2.46. The van der Waals surface area contributed by atoms with Gasteiger partial charge in [-0.05, 0) is 0 Å². The van der Waals surface area contributed by atoms with Gasteiger partial charge in [0.1, 0.15) is 0 Å². The number of halogens is 1. The van der Waals surface area contributed by atoms with Crippen LogP contribution in [0.1, 0.15) is 55.4 Å². The van der Waals surface area contributed by atoms with Crippen molar-refractivity contribution in [2.45, 2.75) is 72.3 Å². The second-order valence-corrected chi connectivity index (χ2v) is 16.0. The summed E-state index contributed by atoms with van der Waals surface area (Å²) in [4.78, 5) is 0. The van der Waals surface area contributed by atoms with E-state index in [1.807, 2.05) is 0 Å². The molecule has 0 saturated carbocycles. The van der Waals surface area contributed by atoms with Crippen LogP contribution in [0.15, 0.2) is 0 Å². The number of hydrogen-bond acceptors (Lipinski definition) is 0. The van der Waals surface area contributed by atoms with Crippen molar-refractivity contribution in [2.24, 2.45) is 0 Å². The van der Waals surface area contributed by atoms with E-state index in [0.717, 1.165) is 16.9 Å². The molecule has 0 aliphatic carbocycles. The molecule has 0 fully saturated rings. The smallest absolute Gasteiger partial charge is 0.147 e. The topological polar surface area (TPSA) is 0 Å². The van der Waals surface area contributed by atoms with Crippen LogP contribution in [0.4, 0.5) is 0 Å². The van der Waals surface area contributed by atoms with E-state index >= 15 is 0 Å². The van der Waals surface area contributed by atoms with Gasteiger partial charge in [0.25, 0.3) is 0 Å². The van der Waals surface area contributed by atoms with Gasteiger partial charge >= 0.3 is 88.9 Å². The molecule has 0 unspecified atom stereocenters. The van der Waals surface area contributed by atoms with Gasteiger partial charge in [-0.15, -0.1) is 12.4 Å². The first-order valence-electron chi connectivity index (χ1n) is 5.77. The molecule has 0 saturated heterocycles. The third-order valence-electron chi connectivity index (χ3n) is 4.00. The molecule has 0 atom stereocenters. The van der Waals surface area contributed by atoms with E-state index in [2.05, 4.69) is 55.4 Å². The van der Waals surface area contributed by atoms with Gasteiger partial charge in [-0.1, -0.05) is 0 Å². The van der Waals surface area contributed by atoms with Crippen molar-refractivity contribution in [1.82, 2.24) is 0 Å². The second kappa shape index (κ2) is 6.56. The molecular weight excluding hydrogens is 227 g/mol.